The first-order valence-corrected chi connectivity index (χ1v) is 8.38. The lowest BCUT2D eigenvalue weighted by atomic mass is 10.1. The van der Waals surface area contributed by atoms with E-state index in [1.54, 1.807) is 0 Å². The Morgan fingerprint density at radius 1 is 0.600 bits per heavy atom. The summed E-state index contributed by atoms with van der Waals surface area (Å²) in [5, 5.41) is 0. The second kappa shape index (κ2) is 18.0. The fourth-order valence-electron chi connectivity index (χ4n) is 1.64. The number of alkyl halides is 1. The first kappa shape index (κ1) is 19.0. The summed E-state index contributed by atoms with van der Waals surface area (Å²) in [6.45, 7) is 2.21. The maximum Gasteiger partial charge on any atom is 0.0702 e. The maximum absolute atomic E-state index is 5.61. The van der Waals surface area contributed by atoms with E-state index < -0.39 is 0 Å². The monoisotopic (exact) mass is 290 g/mol. The SMILES string of the molecule is CCCCCC#CCC#CCC#CCCCCCCCl. The Morgan fingerprint density at radius 2 is 1.10 bits per heavy atom. The van der Waals surface area contributed by atoms with Crippen molar-refractivity contribution < 1.29 is 0 Å². The number of halogens is 1. The molecule has 0 unspecified atom stereocenters. The molecule has 0 aromatic carbocycles. The van der Waals surface area contributed by atoms with Crippen LogP contribution in [0.2, 0.25) is 0 Å². The highest BCUT2D eigenvalue weighted by Gasteiger charge is 1.86. The summed E-state index contributed by atoms with van der Waals surface area (Å²) in [6, 6.07) is 0. The first-order chi connectivity index (χ1) is 9.91. The quantitative estimate of drug-likeness (QED) is 0.312. The van der Waals surface area contributed by atoms with Crippen LogP contribution in [0.25, 0.3) is 0 Å². The largest absolute Gasteiger partial charge is 0.127 e. The summed E-state index contributed by atoms with van der Waals surface area (Å²) in [4.78, 5) is 0. The van der Waals surface area contributed by atoms with Gasteiger partial charge in [0, 0.05) is 18.7 Å². The Hall–Kier alpha value is -1.03. The van der Waals surface area contributed by atoms with Crippen molar-refractivity contribution in [1.82, 2.24) is 0 Å². The number of hydrogen-bond donors (Lipinski definition) is 0. The van der Waals surface area contributed by atoms with Gasteiger partial charge in [-0.1, -0.05) is 56.3 Å². The van der Waals surface area contributed by atoms with E-state index in [2.05, 4.69) is 42.4 Å². The summed E-state index contributed by atoms with van der Waals surface area (Å²) >= 11 is 5.61. The Morgan fingerprint density at radius 3 is 1.65 bits per heavy atom. The molecule has 0 amide bonds. The van der Waals surface area contributed by atoms with Crippen molar-refractivity contribution in [2.24, 2.45) is 0 Å². The maximum atomic E-state index is 5.61. The molecule has 0 aliphatic carbocycles. The van der Waals surface area contributed by atoms with Crippen molar-refractivity contribution in [2.75, 3.05) is 5.88 Å². The van der Waals surface area contributed by atoms with Gasteiger partial charge in [-0.2, -0.15) is 0 Å². The van der Waals surface area contributed by atoms with Crippen LogP contribution in [0.1, 0.15) is 77.6 Å². The molecule has 0 saturated carbocycles. The van der Waals surface area contributed by atoms with Gasteiger partial charge < -0.3 is 0 Å². The molecule has 0 rings (SSSR count). The lowest BCUT2D eigenvalue weighted by Gasteiger charge is -1.93. The standard InChI is InChI=1S/C19H27Cl/c1-2-3-4-5-6-7-8-9-10-11-12-13-14-15-16-17-18-19-20/h2-5,8,11,14-19H2,1H3. The van der Waals surface area contributed by atoms with Crippen LogP contribution in [0, 0.1) is 35.5 Å². The van der Waals surface area contributed by atoms with Gasteiger partial charge >= 0.3 is 0 Å². The first-order valence-electron chi connectivity index (χ1n) is 7.85. The molecular weight excluding hydrogens is 264 g/mol. The molecule has 110 valence electrons. The van der Waals surface area contributed by atoms with Crippen molar-refractivity contribution in [1.29, 1.82) is 0 Å². The third-order valence-corrected chi connectivity index (χ3v) is 3.09. The van der Waals surface area contributed by atoms with Crippen molar-refractivity contribution in [2.45, 2.75) is 77.6 Å². The highest BCUT2D eigenvalue weighted by Crippen LogP contribution is 2.02. The molecular formula is C19H27Cl. The minimum Gasteiger partial charge on any atom is -0.127 e. The molecule has 0 fully saturated rings. The van der Waals surface area contributed by atoms with Gasteiger partial charge in [-0.3, -0.25) is 0 Å². The van der Waals surface area contributed by atoms with Gasteiger partial charge in [-0.05, 0) is 19.3 Å². The van der Waals surface area contributed by atoms with E-state index in [0.29, 0.717) is 12.8 Å². The third-order valence-electron chi connectivity index (χ3n) is 2.82. The summed E-state index contributed by atoms with van der Waals surface area (Å²) in [5.41, 5.74) is 0. The Kier molecular flexibility index (Phi) is 17.0. The lowest BCUT2D eigenvalue weighted by Crippen LogP contribution is -1.78. The predicted molar refractivity (Wildman–Crippen MR) is 90.5 cm³/mol. The van der Waals surface area contributed by atoms with Gasteiger partial charge in [-0.25, -0.2) is 0 Å². The number of rotatable bonds is 8. The molecule has 1 heteroatoms. The molecule has 20 heavy (non-hydrogen) atoms. The molecule has 0 radical (unpaired) electrons. The third kappa shape index (κ3) is 17.0. The molecule has 0 bridgehead atoms. The highest BCUT2D eigenvalue weighted by molar-refractivity contribution is 6.17. The summed E-state index contributed by atoms with van der Waals surface area (Å²) in [5.74, 6) is 19.4. The molecule has 0 atom stereocenters. The Balaban J connectivity index is 3.40. The van der Waals surface area contributed by atoms with Crippen LogP contribution in [0.5, 0.6) is 0 Å². The van der Waals surface area contributed by atoms with Gasteiger partial charge in [0.25, 0.3) is 0 Å². The molecule has 0 aliphatic rings. The van der Waals surface area contributed by atoms with Gasteiger partial charge in [0.2, 0.25) is 0 Å². The van der Waals surface area contributed by atoms with Crippen LogP contribution in [-0.2, 0) is 0 Å². The van der Waals surface area contributed by atoms with Crippen molar-refractivity contribution >= 4 is 11.6 Å². The summed E-state index contributed by atoms with van der Waals surface area (Å²) in [6.07, 6.45) is 11.9. The predicted octanol–water partition coefficient (Wildman–Crippen LogP) is 5.55. The van der Waals surface area contributed by atoms with Crippen molar-refractivity contribution in [3.05, 3.63) is 0 Å². The van der Waals surface area contributed by atoms with E-state index >= 15 is 0 Å². The summed E-state index contributed by atoms with van der Waals surface area (Å²) < 4.78 is 0. The van der Waals surface area contributed by atoms with E-state index in [1.807, 2.05) is 0 Å². The minimum atomic E-state index is 0.680. The summed E-state index contributed by atoms with van der Waals surface area (Å²) in [7, 11) is 0. The molecule has 0 spiro atoms. The molecule has 0 heterocycles. The molecule has 0 saturated heterocycles. The van der Waals surface area contributed by atoms with Crippen molar-refractivity contribution in [3.63, 3.8) is 0 Å². The van der Waals surface area contributed by atoms with Crippen LogP contribution in [0.15, 0.2) is 0 Å². The van der Waals surface area contributed by atoms with E-state index in [4.69, 9.17) is 11.6 Å². The molecule has 0 N–H and O–H groups in total. The fraction of sp³-hybridized carbons (Fsp3) is 0.684. The van der Waals surface area contributed by atoms with Gasteiger partial charge in [0.1, 0.15) is 0 Å². The van der Waals surface area contributed by atoms with Crippen LogP contribution in [0.4, 0.5) is 0 Å². The number of hydrogen-bond acceptors (Lipinski definition) is 0. The smallest absolute Gasteiger partial charge is 0.0702 e. The van der Waals surface area contributed by atoms with Crippen LogP contribution < -0.4 is 0 Å². The van der Waals surface area contributed by atoms with Gasteiger partial charge in [-0.15, -0.1) is 23.4 Å². The second-order valence-electron chi connectivity index (χ2n) is 4.72. The topological polar surface area (TPSA) is 0 Å². The van der Waals surface area contributed by atoms with Crippen LogP contribution in [0.3, 0.4) is 0 Å². The zero-order valence-electron chi connectivity index (χ0n) is 12.9. The second-order valence-corrected chi connectivity index (χ2v) is 5.10. The zero-order valence-corrected chi connectivity index (χ0v) is 13.6. The average molecular weight is 291 g/mol. The van der Waals surface area contributed by atoms with Gasteiger partial charge in [0.15, 0.2) is 0 Å². The van der Waals surface area contributed by atoms with E-state index in [1.165, 1.54) is 38.5 Å². The Bertz CT molecular complexity index is 375. The average Bonchev–Trinajstić information content (AvgIpc) is 2.47. The lowest BCUT2D eigenvalue weighted by molar-refractivity contribution is 0.682. The van der Waals surface area contributed by atoms with Crippen LogP contribution in [-0.4, -0.2) is 5.88 Å². The van der Waals surface area contributed by atoms with E-state index in [-0.39, 0.29) is 0 Å². The molecule has 0 aliphatic heterocycles. The van der Waals surface area contributed by atoms with E-state index in [9.17, 15) is 0 Å². The molecule has 0 nitrogen and oxygen atoms in total. The number of unbranched alkanes of at least 4 members (excludes halogenated alkanes) is 7. The van der Waals surface area contributed by atoms with Crippen molar-refractivity contribution in [3.8, 4) is 35.5 Å². The van der Waals surface area contributed by atoms with E-state index in [0.717, 1.165) is 25.1 Å². The highest BCUT2D eigenvalue weighted by atomic mass is 35.5. The normalized spacial score (nSPS) is 8.70. The van der Waals surface area contributed by atoms with Crippen LogP contribution >= 0.6 is 11.6 Å². The Labute approximate surface area is 131 Å². The molecule has 0 aromatic rings. The fourth-order valence-corrected chi connectivity index (χ4v) is 1.83. The molecule has 0 aromatic heterocycles. The van der Waals surface area contributed by atoms with Gasteiger partial charge in [0.05, 0.1) is 12.8 Å². The minimum absolute atomic E-state index is 0.680. The zero-order chi connectivity index (χ0) is 14.7.